The maximum atomic E-state index is 11.8. The fourth-order valence-electron chi connectivity index (χ4n) is 1.79. The number of anilines is 1. The summed E-state index contributed by atoms with van der Waals surface area (Å²) in [6.45, 7) is 0. The van der Waals surface area contributed by atoms with Crippen LogP contribution < -0.4 is 10.6 Å². The van der Waals surface area contributed by atoms with Gasteiger partial charge in [-0.1, -0.05) is 28.1 Å². The van der Waals surface area contributed by atoms with Gasteiger partial charge in [0.15, 0.2) is 5.11 Å². The predicted octanol–water partition coefficient (Wildman–Crippen LogP) is 3.59. The number of phenols is 1. The highest BCUT2D eigenvalue weighted by atomic mass is 79.9. The molecule has 0 unspecified atom stereocenters. The van der Waals surface area contributed by atoms with Crippen molar-refractivity contribution < 1.29 is 14.8 Å². The van der Waals surface area contributed by atoms with E-state index in [4.69, 9.17) is 12.2 Å². The zero-order valence-corrected chi connectivity index (χ0v) is 15.0. The number of benzene rings is 2. The summed E-state index contributed by atoms with van der Waals surface area (Å²) in [6, 6.07) is 10.9. The fourth-order valence-corrected chi connectivity index (χ4v) is 2.27. The molecule has 0 saturated heterocycles. The summed E-state index contributed by atoms with van der Waals surface area (Å²) in [5.74, 6) is -0.807. The Balaban J connectivity index is 1.94. The number of amides is 1. The highest BCUT2D eigenvalue weighted by Crippen LogP contribution is 2.27. The lowest BCUT2D eigenvalue weighted by atomic mass is 10.2. The SMILES string of the molecule is O=C(/C=C/c1ccc(Br)cc1)NC(=S)Nc1ccc([N+](=O)[O-])cc1O. The third-order valence-electron chi connectivity index (χ3n) is 2.97. The molecule has 1 amide bonds. The number of nitro benzene ring substituents is 1. The van der Waals surface area contributed by atoms with Crippen LogP contribution in [0.25, 0.3) is 6.08 Å². The fraction of sp³-hybridized carbons (Fsp3) is 0. The Bertz CT molecular complexity index is 853. The van der Waals surface area contributed by atoms with Gasteiger partial charge in [0.2, 0.25) is 5.91 Å². The minimum Gasteiger partial charge on any atom is -0.506 e. The first-order valence-electron chi connectivity index (χ1n) is 6.88. The van der Waals surface area contributed by atoms with Crippen LogP contribution in [-0.4, -0.2) is 21.0 Å². The smallest absolute Gasteiger partial charge is 0.273 e. The maximum absolute atomic E-state index is 11.8. The number of halogens is 1. The summed E-state index contributed by atoms with van der Waals surface area (Å²) in [5, 5.41) is 25.3. The van der Waals surface area contributed by atoms with Crippen molar-refractivity contribution >= 4 is 56.6 Å². The summed E-state index contributed by atoms with van der Waals surface area (Å²) < 4.78 is 0.933. The summed E-state index contributed by atoms with van der Waals surface area (Å²) in [6.07, 6.45) is 2.93. The lowest BCUT2D eigenvalue weighted by Crippen LogP contribution is -2.32. The van der Waals surface area contributed by atoms with Crippen molar-refractivity contribution in [1.82, 2.24) is 5.32 Å². The van der Waals surface area contributed by atoms with Crippen LogP contribution >= 0.6 is 28.1 Å². The van der Waals surface area contributed by atoms with Gasteiger partial charge in [-0.25, -0.2) is 0 Å². The molecule has 0 saturated carbocycles. The third-order valence-corrected chi connectivity index (χ3v) is 3.71. The average molecular weight is 422 g/mol. The van der Waals surface area contributed by atoms with Crippen LogP contribution in [0.3, 0.4) is 0 Å². The Morgan fingerprint density at radius 3 is 2.52 bits per heavy atom. The average Bonchev–Trinajstić information content (AvgIpc) is 2.56. The topological polar surface area (TPSA) is 104 Å². The van der Waals surface area contributed by atoms with Crippen LogP contribution in [-0.2, 0) is 4.79 Å². The number of aromatic hydroxyl groups is 1. The van der Waals surface area contributed by atoms with E-state index in [-0.39, 0.29) is 22.2 Å². The normalized spacial score (nSPS) is 10.4. The Morgan fingerprint density at radius 2 is 1.92 bits per heavy atom. The number of hydrogen-bond acceptors (Lipinski definition) is 5. The van der Waals surface area contributed by atoms with E-state index < -0.39 is 10.8 Å². The van der Waals surface area contributed by atoms with E-state index in [1.165, 1.54) is 18.2 Å². The second kappa shape index (κ2) is 8.36. The van der Waals surface area contributed by atoms with Crippen molar-refractivity contribution in [3.8, 4) is 5.75 Å². The monoisotopic (exact) mass is 421 g/mol. The van der Waals surface area contributed by atoms with E-state index in [0.29, 0.717) is 0 Å². The first-order valence-corrected chi connectivity index (χ1v) is 8.08. The molecule has 9 heteroatoms. The molecular weight excluding hydrogens is 410 g/mol. The van der Waals surface area contributed by atoms with Crippen LogP contribution in [0.2, 0.25) is 0 Å². The summed E-state index contributed by atoms with van der Waals surface area (Å²) in [5.41, 5.74) is 0.730. The molecule has 0 spiro atoms. The van der Waals surface area contributed by atoms with Gasteiger partial charge in [-0.05, 0) is 42.1 Å². The quantitative estimate of drug-likeness (QED) is 0.229. The highest BCUT2D eigenvalue weighted by Gasteiger charge is 2.11. The molecule has 25 heavy (non-hydrogen) atoms. The molecule has 0 fully saturated rings. The molecule has 0 bridgehead atoms. The minimum absolute atomic E-state index is 0.0467. The number of carbonyl (C=O) groups is 1. The number of rotatable bonds is 4. The third kappa shape index (κ3) is 5.66. The zero-order valence-electron chi connectivity index (χ0n) is 12.6. The predicted molar refractivity (Wildman–Crippen MR) is 102 cm³/mol. The molecule has 0 atom stereocenters. The number of nitrogens with zero attached hydrogens (tertiary/aromatic N) is 1. The van der Waals surface area contributed by atoms with Gasteiger partial charge < -0.3 is 10.4 Å². The van der Waals surface area contributed by atoms with Gasteiger partial charge >= 0.3 is 0 Å². The van der Waals surface area contributed by atoms with Crippen LogP contribution in [0.15, 0.2) is 53.0 Å². The van der Waals surface area contributed by atoms with Crippen molar-refractivity contribution in [1.29, 1.82) is 0 Å². The second-order valence-corrected chi connectivity index (χ2v) is 6.11. The van der Waals surface area contributed by atoms with Crippen LogP contribution in [0.4, 0.5) is 11.4 Å². The molecule has 0 aliphatic carbocycles. The van der Waals surface area contributed by atoms with Gasteiger partial charge in [-0.2, -0.15) is 0 Å². The van der Waals surface area contributed by atoms with Crippen molar-refractivity contribution in [3.05, 3.63) is 68.7 Å². The van der Waals surface area contributed by atoms with Crippen LogP contribution in [0.5, 0.6) is 5.75 Å². The van der Waals surface area contributed by atoms with E-state index >= 15 is 0 Å². The van der Waals surface area contributed by atoms with E-state index in [9.17, 15) is 20.0 Å². The van der Waals surface area contributed by atoms with Gasteiger partial charge in [-0.15, -0.1) is 0 Å². The van der Waals surface area contributed by atoms with Crippen molar-refractivity contribution in [3.63, 3.8) is 0 Å². The van der Waals surface area contributed by atoms with Crippen molar-refractivity contribution in [2.24, 2.45) is 0 Å². The molecule has 128 valence electrons. The van der Waals surface area contributed by atoms with E-state index in [1.807, 2.05) is 24.3 Å². The number of thiocarbonyl (C=S) groups is 1. The molecular formula is C16H12BrN3O4S. The van der Waals surface area contributed by atoms with Crippen molar-refractivity contribution in [2.45, 2.75) is 0 Å². The van der Waals surface area contributed by atoms with E-state index in [1.54, 1.807) is 6.08 Å². The largest absolute Gasteiger partial charge is 0.506 e. The molecule has 2 aromatic rings. The first-order chi connectivity index (χ1) is 11.8. The van der Waals surface area contributed by atoms with Crippen LogP contribution in [0, 0.1) is 10.1 Å². The summed E-state index contributed by atoms with van der Waals surface area (Å²) in [7, 11) is 0. The zero-order chi connectivity index (χ0) is 18.4. The number of non-ortho nitro benzene ring substituents is 1. The highest BCUT2D eigenvalue weighted by molar-refractivity contribution is 9.10. The minimum atomic E-state index is -0.628. The molecule has 0 heterocycles. The van der Waals surface area contributed by atoms with Gasteiger partial charge in [0.05, 0.1) is 16.7 Å². The summed E-state index contributed by atoms with van der Waals surface area (Å²) >= 11 is 8.30. The molecule has 7 nitrogen and oxygen atoms in total. The van der Waals surface area contributed by atoms with Crippen molar-refractivity contribution in [2.75, 3.05) is 5.32 Å². The number of hydrogen-bond donors (Lipinski definition) is 3. The Kier molecular flexibility index (Phi) is 6.20. The standard InChI is InChI=1S/C16H12BrN3O4S/c17-11-4-1-10(2-5-11)3-8-15(22)19-16(25)18-13-7-6-12(20(23)24)9-14(13)21/h1-9,21H,(H2,18,19,22,25)/b8-3+. The number of carbonyl (C=O) groups excluding carboxylic acids is 1. The molecule has 0 radical (unpaired) electrons. The Morgan fingerprint density at radius 1 is 1.24 bits per heavy atom. The molecule has 2 rings (SSSR count). The maximum Gasteiger partial charge on any atom is 0.273 e. The molecule has 0 aromatic heterocycles. The lowest BCUT2D eigenvalue weighted by Gasteiger charge is -2.09. The summed E-state index contributed by atoms with van der Waals surface area (Å²) in [4.78, 5) is 21.8. The van der Waals surface area contributed by atoms with Gasteiger partial charge in [0, 0.05) is 16.6 Å². The molecule has 3 N–H and O–H groups in total. The van der Waals surface area contributed by atoms with E-state index in [2.05, 4.69) is 26.6 Å². The van der Waals surface area contributed by atoms with Gasteiger partial charge in [0.25, 0.3) is 5.69 Å². The van der Waals surface area contributed by atoms with Gasteiger partial charge in [-0.3, -0.25) is 20.2 Å². The molecule has 0 aliphatic heterocycles. The first kappa shape index (κ1) is 18.6. The Labute approximate surface area is 156 Å². The number of nitrogens with one attached hydrogen (secondary N) is 2. The van der Waals surface area contributed by atoms with E-state index in [0.717, 1.165) is 16.1 Å². The number of phenolic OH excluding ortho intramolecular Hbond substituents is 1. The second-order valence-electron chi connectivity index (χ2n) is 4.79. The van der Waals surface area contributed by atoms with Crippen LogP contribution in [0.1, 0.15) is 5.56 Å². The number of nitro groups is 1. The molecule has 2 aromatic carbocycles. The van der Waals surface area contributed by atoms with Gasteiger partial charge in [0.1, 0.15) is 5.75 Å². The lowest BCUT2D eigenvalue weighted by molar-refractivity contribution is -0.384. The Hall–Kier alpha value is -2.78. The molecule has 0 aliphatic rings.